The summed E-state index contributed by atoms with van der Waals surface area (Å²) in [5, 5.41) is 0. The van der Waals surface area contributed by atoms with E-state index >= 15 is 0 Å². The molecule has 5 nitrogen and oxygen atoms in total. The van der Waals surface area contributed by atoms with E-state index in [0.717, 1.165) is 0 Å². The van der Waals surface area contributed by atoms with E-state index in [4.69, 9.17) is 15.2 Å². The van der Waals surface area contributed by atoms with Crippen molar-refractivity contribution in [2.75, 3.05) is 0 Å². The third-order valence-electron chi connectivity index (χ3n) is 3.07. The number of carbonyl (C=O) groups excluding carboxylic acids is 1. The molecule has 0 fully saturated rings. The first-order chi connectivity index (χ1) is 11.2. The largest absolute Gasteiger partial charge is 0.453 e. The number of pyridine rings is 1. The van der Waals surface area contributed by atoms with Crippen molar-refractivity contribution in [3.05, 3.63) is 78.5 Å². The number of primary amides is 1. The van der Waals surface area contributed by atoms with Crippen LogP contribution in [0, 0.1) is 0 Å². The number of amides is 1. The zero-order valence-corrected chi connectivity index (χ0v) is 12.2. The van der Waals surface area contributed by atoms with Crippen molar-refractivity contribution in [1.82, 2.24) is 4.98 Å². The number of hydrogen-bond acceptors (Lipinski definition) is 4. The van der Waals surface area contributed by atoms with E-state index in [1.54, 1.807) is 54.7 Å². The molecule has 0 radical (unpaired) electrons. The van der Waals surface area contributed by atoms with Crippen LogP contribution < -0.4 is 15.2 Å². The molecule has 0 bridgehead atoms. The number of hydrogen-bond donors (Lipinski definition) is 1. The molecular formula is C18H14N2O3. The smallest absolute Gasteiger partial charge is 0.252 e. The maximum absolute atomic E-state index is 11.5. The molecule has 0 unspecified atom stereocenters. The number of ether oxygens (including phenoxy) is 2. The van der Waals surface area contributed by atoms with Crippen LogP contribution in [0.1, 0.15) is 10.4 Å². The predicted octanol–water partition coefficient (Wildman–Crippen LogP) is 3.77. The molecule has 0 spiro atoms. The minimum Gasteiger partial charge on any atom is -0.453 e. The number of para-hydroxylation sites is 3. The van der Waals surface area contributed by atoms with Crippen molar-refractivity contribution in [2.45, 2.75) is 0 Å². The van der Waals surface area contributed by atoms with Crippen LogP contribution in [0.15, 0.2) is 72.9 Å². The lowest BCUT2D eigenvalue weighted by Gasteiger charge is -2.13. The summed E-state index contributed by atoms with van der Waals surface area (Å²) < 4.78 is 11.6. The molecule has 2 aromatic carbocycles. The molecule has 1 aromatic heterocycles. The first-order valence-corrected chi connectivity index (χ1v) is 6.98. The SMILES string of the molecule is NC(=O)c1ccccc1Oc1ccccc1Oc1ccccn1. The summed E-state index contributed by atoms with van der Waals surface area (Å²) in [6.45, 7) is 0. The van der Waals surface area contributed by atoms with Gasteiger partial charge in [-0.1, -0.05) is 30.3 Å². The summed E-state index contributed by atoms with van der Waals surface area (Å²) in [5.41, 5.74) is 5.68. The number of benzene rings is 2. The summed E-state index contributed by atoms with van der Waals surface area (Å²) in [6.07, 6.45) is 1.64. The lowest BCUT2D eigenvalue weighted by atomic mass is 10.2. The highest BCUT2D eigenvalue weighted by Gasteiger charge is 2.12. The number of nitrogens with zero attached hydrogens (tertiary/aromatic N) is 1. The second kappa shape index (κ2) is 6.62. The van der Waals surface area contributed by atoms with Crippen LogP contribution >= 0.6 is 0 Å². The Kier molecular flexibility index (Phi) is 4.20. The molecule has 5 heteroatoms. The van der Waals surface area contributed by atoms with Gasteiger partial charge in [-0.05, 0) is 30.3 Å². The van der Waals surface area contributed by atoms with Crippen molar-refractivity contribution in [1.29, 1.82) is 0 Å². The first kappa shape index (κ1) is 14.6. The Balaban J connectivity index is 1.91. The number of nitrogens with two attached hydrogens (primary N) is 1. The van der Waals surface area contributed by atoms with E-state index in [2.05, 4.69) is 4.98 Å². The van der Waals surface area contributed by atoms with Crippen LogP contribution in [0.25, 0.3) is 0 Å². The Morgan fingerprint density at radius 2 is 1.39 bits per heavy atom. The quantitative estimate of drug-likeness (QED) is 0.778. The fourth-order valence-electron chi connectivity index (χ4n) is 2.02. The third kappa shape index (κ3) is 3.47. The summed E-state index contributed by atoms with van der Waals surface area (Å²) in [4.78, 5) is 15.6. The monoisotopic (exact) mass is 306 g/mol. The maximum Gasteiger partial charge on any atom is 0.252 e. The van der Waals surface area contributed by atoms with Crippen molar-refractivity contribution in [3.8, 4) is 23.1 Å². The maximum atomic E-state index is 11.5. The highest BCUT2D eigenvalue weighted by Crippen LogP contribution is 2.34. The highest BCUT2D eigenvalue weighted by atomic mass is 16.5. The van der Waals surface area contributed by atoms with Gasteiger partial charge in [0.05, 0.1) is 5.56 Å². The van der Waals surface area contributed by atoms with Crippen molar-refractivity contribution in [2.24, 2.45) is 5.73 Å². The van der Waals surface area contributed by atoms with Gasteiger partial charge in [-0.3, -0.25) is 4.79 Å². The predicted molar refractivity (Wildman–Crippen MR) is 85.8 cm³/mol. The van der Waals surface area contributed by atoms with E-state index in [1.807, 2.05) is 18.2 Å². The van der Waals surface area contributed by atoms with E-state index < -0.39 is 5.91 Å². The van der Waals surface area contributed by atoms with E-state index in [9.17, 15) is 4.79 Å². The zero-order chi connectivity index (χ0) is 16.1. The Morgan fingerprint density at radius 1 is 0.783 bits per heavy atom. The molecule has 1 amide bonds. The van der Waals surface area contributed by atoms with Gasteiger partial charge in [0.25, 0.3) is 5.91 Å². The zero-order valence-electron chi connectivity index (χ0n) is 12.2. The van der Waals surface area contributed by atoms with Crippen LogP contribution in [-0.4, -0.2) is 10.9 Å². The summed E-state index contributed by atoms with van der Waals surface area (Å²) in [5.74, 6) is 1.23. The molecule has 2 N–H and O–H groups in total. The van der Waals surface area contributed by atoms with Crippen LogP contribution in [0.5, 0.6) is 23.1 Å². The lowest BCUT2D eigenvalue weighted by Crippen LogP contribution is -2.12. The second-order valence-corrected chi connectivity index (χ2v) is 4.68. The van der Waals surface area contributed by atoms with Gasteiger partial charge in [0.2, 0.25) is 5.88 Å². The summed E-state index contributed by atoms with van der Waals surface area (Å²) in [7, 11) is 0. The van der Waals surface area contributed by atoms with Gasteiger partial charge < -0.3 is 15.2 Å². The van der Waals surface area contributed by atoms with E-state index in [-0.39, 0.29) is 0 Å². The molecule has 0 aliphatic rings. The second-order valence-electron chi connectivity index (χ2n) is 4.68. The molecule has 114 valence electrons. The van der Waals surface area contributed by atoms with Gasteiger partial charge >= 0.3 is 0 Å². The van der Waals surface area contributed by atoms with Gasteiger partial charge in [-0.25, -0.2) is 4.98 Å². The number of carbonyl (C=O) groups is 1. The van der Waals surface area contributed by atoms with Gasteiger partial charge in [0, 0.05) is 12.3 Å². The molecule has 0 atom stereocenters. The fourth-order valence-corrected chi connectivity index (χ4v) is 2.02. The third-order valence-corrected chi connectivity index (χ3v) is 3.07. The molecular weight excluding hydrogens is 292 g/mol. The molecule has 0 saturated carbocycles. The van der Waals surface area contributed by atoms with Crippen LogP contribution in [0.3, 0.4) is 0 Å². The average Bonchev–Trinajstić information content (AvgIpc) is 2.58. The van der Waals surface area contributed by atoms with Crippen molar-refractivity contribution >= 4 is 5.91 Å². The molecule has 0 saturated heterocycles. The first-order valence-electron chi connectivity index (χ1n) is 6.98. The summed E-state index contributed by atoms with van der Waals surface area (Å²) >= 11 is 0. The van der Waals surface area contributed by atoms with Gasteiger partial charge in [0.15, 0.2) is 11.5 Å². The van der Waals surface area contributed by atoms with Gasteiger partial charge in [-0.15, -0.1) is 0 Å². The topological polar surface area (TPSA) is 74.4 Å². The molecule has 0 aliphatic carbocycles. The Labute approximate surface area is 133 Å². The molecule has 1 heterocycles. The Hall–Kier alpha value is -3.34. The van der Waals surface area contributed by atoms with Crippen molar-refractivity contribution < 1.29 is 14.3 Å². The van der Waals surface area contributed by atoms with E-state index in [1.165, 1.54) is 0 Å². The fraction of sp³-hybridized carbons (Fsp3) is 0. The normalized spacial score (nSPS) is 10.1. The van der Waals surface area contributed by atoms with Crippen LogP contribution in [0.2, 0.25) is 0 Å². The summed E-state index contributed by atoms with van der Waals surface area (Å²) in [6, 6.07) is 19.3. The standard InChI is InChI=1S/C18H14N2O3/c19-18(21)13-7-1-2-8-14(13)22-15-9-3-4-10-16(15)23-17-11-5-6-12-20-17/h1-12H,(H2,19,21). The average molecular weight is 306 g/mol. The minimum atomic E-state index is -0.552. The number of aromatic nitrogens is 1. The molecule has 3 rings (SSSR count). The van der Waals surface area contributed by atoms with E-state index in [0.29, 0.717) is 28.7 Å². The van der Waals surface area contributed by atoms with Crippen molar-refractivity contribution in [3.63, 3.8) is 0 Å². The van der Waals surface area contributed by atoms with Crippen LogP contribution in [0.4, 0.5) is 0 Å². The highest BCUT2D eigenvalue weighted by molar-refractivity contribution is 5.95. The molecule has 0 aliphatic heterocycles. The lowest BCUT2D eigenvalue weighted by molar-refractivity contribution is 0.0998. The Bertz CT molecular complexity index is 819. The van der Waals surface area contributed by atoms with Crippen LogP contribution in [-0.2, 0) is 0 Å². The molecule has 3 aromatic rings. The van der Waals surface area contributed by atoms with Gasteiger partial charge in [-0.2, -0.15) is 0 Å². The Morgan fingerprint density at radius 3 is 2.04 bits per heavy atom. The number of rotatable bonds is 5. The van der Waals surface area contributed by atoms with Gasteiger partial charge in [0.1, 0.15) is 5.75 Å². The minimum absolute atomic E-state index is 0.306. The molecule has 23 heavy (non-hydrogen) atoms.